The van der Waals surface area contributed by atoms with Crippen molar-refractivity contribution in [1.82, 2.24) is 20.2 Å². The molecule has 6 nitrogen and oxygen atoms in total. The van der Waals surface area contributed by atoms with Gasteiger partial charge in [-0.15, -0.1) is 5.10 Å². The molecule has 1 aromatic heterocycles. The Morgan fingerprint density at radius 2 is 2.45 bits per heavy atom. The molecule has 2 aromatic rings. The van der Waals surface area contributed by atoms with Crippen LogP contribution in [0.5, 0.6) is 0 Å². The first-order valence-electron chi connectivity index (χ1n) is 7.31. The second-order valence-corrected chi connectivity index (χ2v) is 6.58. The highest BCUT2D eigenvalue weighted by atomic mass is 32.2. The fraction of sp³-hybridized carbons (Fsp3) is 0.467. The van der Waals surface area contributed by atoms with Gasteiger partial charge >= 0.3 is 0 Å². The topological polar surface area (TPSA) is 76.6 Å². The summed E-state index contributed by atoms with van der Waals surface area (Å²) in [5.74, 6) is 0. The van der Waals surface area contributed by atoms with Gasteiger partial charge in [-0.1, -0.05) is 23.9 Å². The molecular formula is C15H17N5OS. The number of hydrogen-bond acceptors (Lipinski definition) is 6. The van der Waals surface area contributed by atoms with Crippen LogP contribution < -0.4 is 0 Å². The summed E-state index contributed by atoms with van der Waals surface area (Å²) in [5.41, 5.74) is 1.76. The van der Waals surface area contributed by atoms with E-state index in [-0.39, 0.29) is 11.4 Å². The second kappa shape index (κ2) is 6.90. The van der Waals surface area contributed by atoms with Crippen LogP contribution in [0, 0.1) is 11.3 Å². The number of nitriles is 1. The highest BCUT2D eigenvalue weighted by Gasteiger charge is 2.20. The van der Waals surface area contributed by atoms with Crippen LogP contribution >= 0.6 is 11.8 Å². The Bertz CT molecular complexity index is 675. The molecular weight excluding hydrogens is 298 g/mol. The fourth-order valence-electron chi connectivity index (χ4n) is 2.46. The van der Waals surface area contributed by atoms with E-state index in [1.54, 1.807) is 11.8 Å². The van der Waals surface area contributed by atoms with Crippen molar-refractivity contribution in [2.24, 2.45) is 0 Å². The van der Waals surface area contributed by atoms with Crippen LogP contribution in [-0.2, 0) is 11.3 Å². The first-order chi connectivity index (χ1) is 10.8. The van der Waals surface area contributed by atoms with Crippen molar-refractivity contribution < 1.29 is 4.74 Å². The van der Waals surface area contributed by atoms with E-state index in [1.807, 2.05) is 28.9 Å². The van der Waals surface area contributed by atoms with E-state index in [9.17, 15) is 0 Å². The maximum atomic E-state index is 9.00. The van der Waals surface area contributed by atoms with E-state index in [0.717, 1.165) is 30.2 Å². The molecule has 0 bridgehead atoms. The zero-order valence-corrected chi connectivity index (χ0v) is 13.2. The minimum absolute atomic E-state index is 0.169. The lowest BCUT2D eigenvalue weighted by Gasteiger charge is -2.13. The average molecular weight is 315 g/mol. The van der Waals surface area contributed by atoms with Crippen molar-refractivity contribution in [3.8, 4) is 6.07 Å². The summed E-state index contributed by atoms with van der Waals surface area (Å²) < 4.78 is 7.45. The van der Waals surface area contributed by atoms with Gasteiger partial charge in [0.25, 0.3) is 0 Å². The van der Waals surface area contributed by atoms with Crippen molar-refractivity contribution in [3.63, 3.8) is 0 Å². The summed E-state index contributed by atoms with van der Waals surface area (Å²) in [7, 11) is 0. The number of tetrazole rings is 1. The highest BCUT2D eigenvalue weighted by Crippen LogP contribution is 2.33. The van der Waals surface area contributed by atoms with Gasteiger partial charge in [0.05, 0.1) is 24.3 Å². The summed E-state index contributed by atoms with van der Waals surface area (Å²) in [6.45, 7) is 3.61. The lowest BCUT2D eigenvalue weighted by Crippen LogP contribution is -2.17. The van der Waals surface area contributed by atoms with Crippen LogP contribution in [0.4, 0.5) is 0 Å². The number of ether oxygens (including phenoxy) is 1. The predicted octanol–water partition coefficient (Wildman–Crippen LogP) is 2.58. The fourth-order valence-corrected chi connectivity index (χ4v) is 3.38. The van der Waals surface area contributed by atoms with Crippen LogP contribution in [0.15, 0.2) is 29.4 Å². The third-order valence-electron chi connectivity index (χ3n) is 3.67. The summed E-state index contributed by atoms with van der Waals surface area (Å²) in [5, 5.41) is 21.9. The van der Waals surface area contributed by atoms with Gasteiger partial charge in [0.2, 0.25) is 5.16 Å². The Hall–Kier alpha value is -1.91. The molecule has 0 saturated carbocycles. The molecule has 0 spiro atoms. The number of benzene rings is 1. The maximum Gasteiger partial charge on any atom is 0.209 e. The molecule has 7 heteroatoms. The van der Waals surface area contributed by atoms with Gasteiger partial charge in [-0.25, -0.2) is 4.68 Å². The molecule has 1 aromatic carbocycles. The lowest BCUT2D eigenvalue weighted by molar-refractivity contribution is 0.0911. The molecule has 1 aliphatic rings. The van der Waals surface area contributed by atoms with E-state index >= 15 is 0 Å². The van der Waals surface area contributed by atoms with Crippen LogP contribution in [0.3, 0.4) is 0 Å². The first kappa shape index (κ1) is 15.0. The Morgan fingerprint density at radius 1 is 1.55 bits per heavy atom. The van der Waals surface area contributed by atoms with Crippen LogP contribution in [0.25, 0.3) is 0 Å². The summed E-state index contributed by atoms with van der Waals surface area (Å²) in [6, 6.07) is 9.81. The zero-order valence-electron chi connectivity index (χ0n) is 12.3. The standard InChI is InChI=1S/C15H17N5OS/c1-11(13-5-2-4-12(8-13)9-16)22-15-17-18-19-20(15)10-14-6-3-7-21-14/h2,4-5,8,11,14H,3,6-7,10H2,1H3/t11-,14+/m1/s1. The average Bonchev–Trinajstić information content (AvgIpc) is 3.20. The first-order valence-corrected chi connectivity index (χ1v) is 8.18. The van der Waals surface area contributed by atoms with E-state index in [1.165, 1.54) is 0 Å². The molecule has 0 unspecified atom stereocenters. The largest absolute Gasteiger partial charge is 0.376 e. The van der Waals surface area contributed by atoms with E-state index < -0.39 is 0 Å². The quantitative estimate of drug-likeness (QED) is 0.789. The van der Waals surface area contributed by atoms with Gasteiger partial charge in [-0.2, -0.15) is 5.26 Å². The summed E-state index contributed by atoms with van der Waals surface area (Å²) in [4.78, 5) is 0. The van der Waals surface area contributed by atoms with Gasteiger partial charge in [0.15, 0.2) is 0 Å². The zero-order chi connectivity index (χ0) is 15.4. The number of nitrogens with zero attached hydrogens (tertiary/aromatic N) is 5. The van der Waals surface area contributed by atoms with Crippen molar-refractivity contribution in [2.75, 3.05) is 6.61 Å². The van der Waals surface area contributed by atoms with Gasteiger partial charge in [-0.3, -0.25) is 0 Å². The van der Waals surface area contributed by atoms with Crippen LogP contribution in [-0.4, -0.2) is 32.9 Å². The minimum atomic E-state index is 0.169. The second-order valence-electron chi connectivity index (χ2n) is 5.28. The van der Waals surface area contributed by atoms with Crippen LogP contribution in [0.1, 0.15) is 36.1 Å². The molecule has 0 N–H and O–H groups in total. The van der Waals surface area contributed by atoms with E-state index in [4.69, 9.17) is 10.00 Å². The lowest BCUT2D eigenvalue weighted by atomic mass is 10.1. The Kier molecular flexibility index (Phi) is 4.71. The SMILES string of the molecule is C[C@@H](Sc1nnnn1C[C@@H]1CCCO1)c1cccc(C#N)c1. The minimum Gasteiger partial charge on any atom is -0.376 e. The smallest absolute Gasteiger partial charge is 0.209 e. The molecule has 0 aliphatic carbocycles. The number of rotatable bonds is 5. The number of hydrogen-bond donors (Lipinski definition) is 0. The van der Waals surface area contributed by atoms with Gasteiger partial charge in [0, 0.05) is 11.9 Å². The Balaban J connectivity index is 1.70. The normalized spacial score (nSPS) is 19.0. The van der Waals surface area contributed by atoms with Crippen molar-refractivity contribution >= 4 is 11.8 Å². The highest BCUT2D eigenvalue weighted by molar-refractivity contribution is 7.99. The summed E-state index contributed by atoms with van der Waals surface area (Å²) in [6.07, 6.45) is 2.37. The Labute approximate surface area is 133 Å². The molecule has 22 heavy (non-hydrogen) atoms. The van der Waals surface area contributed by atoms with Gasteiger partial charge < -0.3 is 4.74 Å². The molecule has 2 heterocycles. The molecule has 0 amide bonds. The molecule has 2 atom stereocenters. The van der Waals surface area contributed by atoms with Crippen molar-refractivity contribution in [2.45, 2.75) is 42.8 Å². The third kappa shape index (κ3) is 3.46. The van der Waals surface area contributed by atoms with E-state index in [2.05, 4.69) is 28.5 Å². The van der Waals surface area contributed by atoms with Crippen molar-refractivity contribution in [3.05, 3.63) is 35.4 Å². The monoisotopic (exact) mass is 315 g/mol. The third-order valence-corrected chi connectivity index (χ3v) is 4.80. The number of aromatic nitrogens is 4. The molecule has 3 rings (SSSR count). The molecule has 1 fully saturated rings. The molecule has 0 radical (unpaired) electrons. The van der Waals surface area contributed by atoms with Crippen LogP contribution in [0.2, 0.25) is 0 Å². The van der Waals surface area contributed by atoms with Crippen molar-refractivity contribution in [1.29, 1.82) is 5.26 Å². The molecule has 114 valence electrons. The number of thioether (sulfide) groups is 1. The molecule has 1 saturated heterocycles. The van der Waals surface area contributed by atoms with Gasteiger partial charge in [0.1, 0.15) is 0 Å². The maximum absolute atomic E-state index is 9.00. The summed E-state index contributed by atoms with van der Waals surface area (Å²) >= 11 is 1.59. The van der Waals surface area contributed by atoms with Gasteiger partial charge in [-0.05, 0) is 47.9 Å². The predicted molar refractivity (Wildman–Crippen MR) is 82.2 cm³/mol. The Morgan fingerprint density at radius 3 is 3.23 bits per heavy atom. The van der Waals surface area contributed by atoms with E-state index in [0.29, 0.717) is 12.1 Å². The molecule has 1 aliphatic heterocycles.